The fourth-order valence-electron chi connectivity index (χ4n) is 1.19. The summed E-state index contributed by atoms with van der Waals surface area (Å²) in [4.78, 5) is 11.3. The first-order chi connectivity index (χ1) is 7.15. The number of nitriles is 1. The summed E-state index contributed by atoms with van der Waals surface area (Å²) >= 11 is 3.24. The molecule has 0 amide bonds. The molecule has 1 aromatic carbocycles. The Morgan fingerprint density at radius 2 is 2.33 bits per heavy atom. The van der Waals surface area contributed by atoms with Crippen molar-refractivity contribution in [1.29, 1.82) is 5.26 Å². The smallest absolute Gasteiger partial charge is 0.339 e. The van der Waals surface area contributed by atoms with Crippen molar-refractivity contribution in [2.75, 3.05) is 7.11 Å². The molecule has 78 valence electrons. The van der Waals surface area contributed by atoms with Gasteiger partial charge in [-0.05, 0) is 33.6 Å². The van der Waals surface area contributed by atoms with E-state index in [1.165, 1.54) is 13.2 Å². The summed E-state index contributed by atoms with van der Waals surface area (Å²) < 4.78 is 5.12. The van der Waals surface area contributed by atoms with Gasteiger partial charge in [-0.25, -0.2) is 4.79 Å². The van der Waals surface area contributed by atoms with E-state index in [0.717, 1.165) is 0 Å². The van der Waals surface area contributed by atoms with Crippen LogP contribution in [0.2, 0.25) is 0 Å². The molecule has 0 saturated heterocycles. The molecule has 0 aliphatic rings. The van der Waals surface area contributed by atoms with Crippen molar-refractivity contribution in [3.63, 3.8) is 0 Å². The summed E-state index contributed by atoms with van der Waals surface area (Å²) in [5.41, 5.74) is 6.94. The molecular weight excluding hydrogens is 260 g/mol. The summed E-state index contributed by atoms with van der Waals surface area (Å²) in [7, 11) is 1.30. The Morgan fingerprint density at radius 1 is 1.67 bits per heavy atom. The lowest BCUT2D eigenvalue weighted by molar-refractivity contribution is 0.0599. The highest BCUT2D eigenvalue weighted by molar-refractivity contribution is 9.10. The molecule has 0 aliphatic carbocycles. The summed E-state index contributed by atoms with van der Waals surface area (Å²) in [6, 6.07) is 5.10. The topological polar surface area (TPSA) is 76.1 Å². The molecule has 4 nitrogen and oxygen atoms in total. The lowest BCUT2D eigenvalue weighted by Crippen LogP contribution is -2.08. The van der Waals surface area contributed by atoms with E-state index in [9.17, 15) is 4.79 Å². The predicted molar refractivity (Wildman–Crippen MR) is 58.1 cm³/mol. The van der Waals surface area contributed by atoms with E-state index in [1.807, 2.05) is 6.07 Å². The highest BCUT2D eigenvalue weighted by Crippen LogP contribution is 2.25. The second-order valence-corrected chi connectivity index (χ2v) is 3.55. The summed E-state index contributed by atoms with van der Waals surface area (Å²) in [5, 5.41) is 8.82. The van der Waals surface area contributed by atoms with Gasteiger partial charge >= 0.3 is 5.97 Å². The number of methoxy groups -OCH3 is 1. The molecule has 15 heavy (non-hydrogen) atoms. The maximum Gasteiger partial charge on any atom is 0.339 e. The maximum absolute atomic E-state index is 11.3. The number of benzene rings is 1. The summed E-state index contributed by atoms with van der Waals surface area (Å²) in [6.07, 6.45) is 0. The first-order valence-electron chi connectivity index (χ1n) is 4.15. The number of nitrogens with zero attached hydrogens (tertiary/aromatic N) is 1. The molecule has 2 N–H and O–H groups in total. The molecule has 0 aromatic heterocycles. The van der Waals surface area contributed by atoms with Gasteiger partial charge in [0.15, 0.2) is 0 Å². The molecule has 0 heterocycles. The Balaban J connectivity index is 3.37. The zero-order valence-corrected chi connectivity index (χ0v) is 9.67. The third kappa shape index (κ3) is 2.17. The van der Waals surface area contributed by atoms with E-state index >= 15 is 0 Å². The highest BCUT2D eigenvalue weighted by Gasteiger charge is 2.15. The Hall–Kier alpha value is -1.38. The number of nitrogens with two attached hydrogens (primary N) is 1. The molecule has 0 saturated carbocycles. The molecule has 0 bridgehead atoms. The fraction of sp³-hybridized carbons (Fsp3) is 0.200. The number of carbonyl (C=O) groups is 1. The van der Waals surface area contributed by atoms with Gasteiger partial charge in [0, 0.05) is 11.0 Å². The zero-order chi connectivity index (χ0) is 11.4. The first-order valence-corrected chi connectivity index (χ1v) is 4.94. The van der Waals surface area contributed by atoms with Crippen molar-refractivity contribution in [3.05, 3.63) is 33.3 Å². The third-order valence-corrected chi connectivity index (χ3v) is 2.88. The van der Waals surface area contributed by atoms with Gasteiger partial charge in [0.2, 0.25) is 0 Å². The Morgan fingerprint density at radius 3 is 2.80 bits per heavy atom. The molecule has 0 atom stereocenters. The highest BCUT2D eigenvalue weighted by atomic mass is 79.9. The molecular formula is C10H9BrN2O2. The van der Waals surface area contributed by atoms with Crippen LogP contribution >= 0.6 is 15.9 Å². The van der Waals surface area contributed by atoms with Gasteiger partial charge in [0.1, 0.15) is 0 Å². The van der Waals surface area contributed by atoms with Crippen molar-refractivity contribution >= 4 is 21.9 Å². The Bertz CT molecular complexity index is 438. The SMILES string of the molecule is COC(=O)c1ccc(C#N)c(CN)c1Br. The van der Waals surface area contributed by atoms with Gasteiger partial charge in [0.05, 0.1) is 24.3 Å². The van der Waals surface area contributed by atoms with E-state index < -0.39 is 5.97 Å². The Kier molecular flexibility index (Phi) is 3.83. The number of carbonyl (C=O) groups excluding carboxylic acids is 1. The second-order valence-electron chi connectivity index (χ2n) is 2.76. The van der Waals surface area contributed by atoms with Crippen LogP contribution in [0, 0.1) is 11.3 Å². The van der Waals surface area contributed by atoms with E-state index in [-0.39, 0.29) is 6.54 Å². The van der Waals surface area contributed by atoms with Gasteiger partial charge in [-0.3, -0.25) is 0 Å². The molecule has 1 rings (SSSR count). The average Bonchev–Trinajstić information content (AvgIpc) is 2.27. The monoisotopic (exact) mass is 268 g/mol. The van der Waals surface area contributed by atoms with Crippen LogP contribution in [0.1, 0.15) is 21.5 Å². The van der Waals surface area contributed by atoms with Crippen LogP contribution in [0.15, 0.2) is 16.6 Å². The lowest BCUT2D eigenvalue weighted by Gasteiger charge is -2.08. The van der Waals surface area contributed by atoms with Gasteiger partial charge in [-0.1, -0.05) is 0 Å². The minimum atomic E-state index is -0.457. The molecule has 0 aliphatic heterocycles. The van der Waals surface area contributed by atoms with Gasteiger partial charge < -0.3 is 10.5 Å². The number of ether oxygens (including phenoxy) is 1. The van der Waals surface area contributed by atoms with Crippen molar-refractivity contribution in [3.8, 4) is 6.07 Å². The van der Waals surface area contributed by atoms with Crippen LogP contribution in [0.4, 0.5) is 0 Å². The van der Waals surface area contributed by atoms with E-state index in [4.69, 9.17) is 11.0 Å². The number of rotatable bonds is 2. The number of hydrogen-bond donors (Lipinski definition) is 1. The first kappa shape index (κ1) is 11.7. The summed E-state index contributed by atoms with van der Waals surface area (Å²) in [6.45, 7) is 0.189. The molecule has 1 aromatic rings. The number of halogens is 1. The minimum absolute atomic E-state index is 0.189. The molecule has 0 fully saturated rings. The van der Waals surface area contributed by atoms with Crippen molar-refractivity contribution in [2.45, 2.75) is 6.54 Å². The minimum Gasteiger partial charge on any atom is -0.465 e. The molecule has 5 heteroatoms. The van der Waals surface area contributed by atoms with Gasteiger partial charge in [-0.15, -0.1) is 0 Å². The third-order valence-electron chi connectivity index (χ3n) is 1.97. The quantitative estimate of drug-likeness (QED) is 0.827. The molecule has 0 unspecified atom stereocenters. The lowest BCUT2D eigenvalue weighted by atomic mass is 10.0. The van der Waals surface area contributed by atoms with Crippen LogP contribution < -0.4 is 5.73 Å². The fourth-order valence-corrected chi connectivity index (χ4v) is 1.86. The summed E-state index contributed by atoms with van der Waals surface area (Å²) in [5.74, 6) is -0.457. The van der Waals surface area contributed by atoms with Crippen LogP contribution in [0.5, 0.6) is 0 Å². The van der Waals surface area contributed by atoms with Gasteiger partial charge in [-0.2, -0.15) is 5.26 Å². The predicted octanol–water partition coefficient (Wildman–Crippen LogP) is 1.57. The van der Waals surface area contributed by atoms with Gasteiger partial charge in [0.25, 0.3) is 0 Å². The number of hydrogen-bond acceptors (Lipinski definition) is 4. The second kappa shape index (κ2) is 4.91. The van der Waals surface area contributed by atoms with E-state index in [1.54, 1.807) is 6.07 Å². The largest absolute Gasteiger partial charge is 0.465 e. The van der Waals surface area contributed by atoms with Crippen LogP contribution in [0.3, 0.4) is 0 Å². The van der Waals surface area contributed by atoms with Crippen molar-refractivity contribution in [1.82, 2.24) is 0 Å². The van der Waals surface area contributed by atoms with Crippen LogP contribution in [-0.4, -0.2) is 13.1 Å². The molecule has 0 spiro atoms. The van der Waals surface area contributed by atoms with Crippen molar-refractivity contribution in [2.24, 2.45) is 5.73 Å². The zero-order valence-electron chi connectivity index (χ0n) is 8.08. The van der Waals surface area contributed by atoms with E-state index in [0.29, 0.717) is 21.2 Å². The van der Waals surface area contributed by atoms with Crippen molar-refractivity contribution < 1.29 is 9.53 Å². The van der Waals surface area contributed by atoms with E-state index in [2.05, 4.69) is 20.7 Å². The maximum atomic E-state index is 11.3. The standard InChI is InChI=1S/C10H9BrN2O2/c1-15-10(14)7-3-2-6(4-12)8(5-13)9(7)11/h2-3H,5,13H2,1H3. The number of esters is 1. The average molecular weight is 269 g/mol. The van der Waals surface area contributed by atoms with Crippen LogP contribution in [0.25, 0.3) is 0 Å². The molecule has 0 radical (unpaired) electrons. The Labute approximate surface area is 95.8 Å². The normalized spacial score (nSPS) is 9.47. The van der Waals surface area contributed by atoms with Crippen LogP contribution in [-0.2, 0) is 11.3 Å².